The molecular formula is C22H25F3N2O4S. The smallest absolute Gasteiger partial charge is 0.406 e. The van der Waals surface area contributed by atoms with Gasteiger partial charge in [-0.2, -0.15) is 0 Å². The molecule has 0 saturated heterocycles. The molecule has 1 fully saturated rings. The molecule has 1 aliphatic carbocycles. The number of halogens is 3. The highest BCUT2D eigenvalue weighted by atomic mass is 32.2. The zero-order valence-corrected chi connectivity index (χ0v) is 18.9. The van der Waals surface area contributed by atoms with Gasteiger partial charge in [-0.1, -0.05) is 31.2 Å². The van der Waals surface area contributed by atoms with Crippen LogP contribution in [-0.4, -0.2) is 26.9 Å². The molecule has 0 aliphatic heterocycles. The van der Waals surface area contributed by atoms with E-state index in [-0.39, 0.29) is 23.6 Å². The number of carbonyl (C=O) groups is 1. The number of hydrogen-bond donors (Lipinski definition) is 2. The van der Waals surface area contributed by atoms with E-state index >= 15 is 0 Å². The molecule has 32 heavy (non-hydrogen) atoms. The second kappa shape index (κ2) is 8.31. The van der Waals surface area contributed by atoms with E-state index in [2.05, 4.69) is 14.8 Å². The number of sulfonamides is 1. The molecule has 2 N–H and O–H groups in total. The van der Waals surface area contributed by atoms with Crippen LogP contribution in [0.15, 0.2) is 42.5 Å². The first kappa shape index (κ1) is 23.9. The maximum Gasteiger partial charge on any atom is 0.573 e. The molecule has 1 amide bonds. The van der Waals surface area contributed by atoms with Crippen molar-refractivity contribution >= 4 is 21.6 Å². The van der Waals surface area contributed by atoms with Crippen LogP contribution >= 0.6 is 0 Å². The standard InChI is InChI=1S/C22H25F3N2O4S/c1-13-11-15(5-10-19(13)27-32(4,29)30)14(2)26-20(28)18-12-21(18,3)16-6-8-17(9-7-16)31-22(23,24)25/h5-11,14,18,27H,12H2,1-4H3,(H,26,28)/t14?,18-,21?/m0/s1. The van der Waals surface area contributed by atoms with Gasteiger partial charge in [-0.05, 0) is 55.2 Å². The first-order chi connectivity index (χ1) is 14.7. The Bertz CT molecular complexity index is 1120. The van der Waals surface area contributed by atoms with Crippen LogP contribution in [0.25, 0.3) is 0 Å². The van der Waals surface area contributed by atoms with Crippen molar-refractivity contribution in [2.75, 3.05) is 11.0 Å². The average molecular weight is 471 g/mol. The van der Waals surface area contributed by atoms with E-state index in [1.165, 1.54) is 12.1 Å². The molecule has 3 rings (SSSR count). The van der Waals surface area contributed by atoms with Gasteiger partial charge in [0.1, 0.15) is 5.75 Å². The summed E-state index contributed by atoms with van der Waals surface area (Å²) in [5.74, 6) is -0.748. The number of amides is 1. The van der Waals surface area contributed by atoms with Crippen LogP contribution in [0, 0.1) is 12.8 Å². The highest BCUT2D eigenvalue weighted by molar-refractivity contribution is 7.92. The number of alkyl halides is 3. The van der Waals surface area contributed by atoms with Gasteiger partial charge in [-0.3, -0.25) is 9.52 Å². The zero-order valence-electron chi connectivity index (χ0n) is 18.1. The van der Waals surface area contributed by atoms with Crippen LogP contribution in [0.2, 0.25) is 0 Å². The molecule has 2 unspecified atom stereocenters. The summed E-state index contributed by atoms with van der Waals surface area (Å²) in [6.07, 6.45) is -3.09. The van der Waals surface area contributed by atoms with Crippen LogP contribution in [0.5, 0.6) is 5.75 Å². The van der Waals surface area contributed by atoms with E-state index in [4.69, 9.17) is 0 Å². The maximum absolute atomic E-state index is 12.8. The Morgan fingerprint density at radius 2 is 1.81 bits per heavy atom. The Morgan fingerprint density at radius 3 is 2.34 bits per heavy atom. The van der Waals surface area contributed by atoms with E-state index in [0.29, 0.717) is 12.1 Å². The SMILES string of the molecule is Cc1cc(C(C)NC(=O)[C@@H]2CC2(C)c2ccc(OC(F)(F)F)cc2)ccc1NS(C)(=O)=O. The molecule has 174 valence electrons. The molecule has 2 aromatic carbocycles. The Labute approximate surface area is 185 Å². The minimum absolute atomic E-state index is 0.147. The molecule has 10 heteroatoms. The van der Waals surface area contributed by atoms with Crippen LogP contribution < -0.4 is 14.8 Å². The van der Waals surface area contributed by atoms with Gasteiger partial charge in [0.2, 0.25) is 15.9 Å². The fraction of sp³-hybridized carbons (Fsp3) is 0.409. The molecule has 1 aliphatic rings. The fourth-order valence-electron chi connectivity index (χ4n) is 3.77. The van der Waals surface area contributed by atoms with Crippen molar-refractivity contribution in [2.45, 2.75) is 45.0 Å². The van der Waals surface area contributed by atoms with Gasteiger partial charge in [0.25, 0.3) is 0 Å². The number of anilines is 1. The van der Waals surface area contributed by atoms with Gasteiger partial charge < -0.3 is 10.1 Å². The van der Waals surface area contributed by atoms with Crippen molar-refractivity contribution in [1.82, 2.24) is 5.32 Å². The maximum atomic E-state index is 12.8. The van der Waals surface area contributed by atoms with Crippen molar-refractivity contribution in [1.29, 1.82) is 0 Å². The first-order valence-corrected chi connectivity index (χ1v) is 11.8. The van der Waals surface area contributed by atoms with Crippen LogP contribution in [0.3, 0.4) is 0 Å². The summed E-state index contributed by atoms with van der Waals surface area (Å²) in [5.41, 5.74) is 2.34. The van der Waals surface area contributed by atoms with Crippen LogP contribution in [0.1, 0.15) is 43.0 Å². The van der Waals surface area contributed by atoms with Crippen LogP contribution in [0.4, 0.5) is 18.9 Å². The average Bonchev–Trinajstić information content (AvgIpc) is 3.34. The number of hydrogen-bond acceptors (Lipinski definition) is 4. The Balaban J connectivity index is 1.64. The van der Waals surface area contributed by atoms with Crippen molar-refractivity contribution < 1.29 is 31.1 Å². The summed E-state index contributed by atoms with van der Waals surface area (Å²) in [6, 6.07) is 10.5. The van der Waals surface area contributed by atoms with Crippen molar-refractivity contribution in [3.63, 3.8) is 0 Å². The summed E-state index contributed by atoms with van der Waals surface area (Å²) in [7, 11) is -3.39. The molecule has 2 aromatic rings. The molecule has 0 radical (unpaired) electrons. The third-order valence-electron chi connectivity index (χ3n) is 5.71. The zero-order chi connectivity index (χ0) is 23.9. The summed E-state index contributed by atoms with van der Waals surface area (Å²) in [4.78, 5) is 12.8. The number of ether oxygens (including phenoxy) is 1. The van der Waals surface area contributed by atoms with E-state index in [9.17, 15) is 26.4 Å². The third-order valence-corrected chi connectivity index (χ3v) is 6.30. The fourth-order valence-corrected chi connectivity index (χ4v) is 4.40. The number of rotatable bonds is 7. The first-order valence-electron chi connectivity index (χ1n) is 9.93. The van der Waals surface area contributed by atoms with Crippen molar-refractivity contribution in [3.8, 4) is 5.75 Å². The van der Waals surface area contributed by atoms with E-state index in [1.54, 1.807) is 31.2 Å². The lowest BCUT2D eigenvalue weighted by Gasteiger charge is -2.18. The number of nitrogens with one attached hydrogen (secondary N) is 2. The molecule has 6 nitrogen and oxygen atoms in total. The van der Waals surface area contributed by atoms with Gasteiger partial charge >= 0.3 is 6.36 Å². The minimum atomic E-state index is -4.75. The number of carbonyl (C=O) groups excluding carboxylic acids is 1. The quantitative estimate of drug-likeness (QED) is 0.628. The van der Waals surface area contributed by atoms with E-state index < -0.39 is 21.8 Å². The summed E-state index contributed by atoms with van der Waals surface area (Å²) in [6.45, 7) is 5.51. The van der Waals surface area contributed by atoms with Gasteiger partial charge in [0, 0.05) is 11.3 Å². The van der Waals surface area contributed by atoms with Gasteiger partial charge in [0.15, 0.2) is 0 Å². The van der Waals surface area contributed by atoms with Gasteiger partial charge in [-0.15, -0.1) is 13.2 Å². The second-order valence-corrected chi connectivity index (χ2v) is 10.2. The Kier molecular flexibility index (Phi) is 6.21. The monoisotopic (exact) mass is 470 g/mol. The summed E-state index contributed by atoms with van der Waals surface area (Å²) >= 11 is 0. The molecule has 1 saturated carbocycles. The highest BCUT2D eigenvalue weighted by Gasteiger charge is 2.55. The topological polar surface area (TPSA) is 84.5 Å². The van der Waals surface area contributed by atoms with Crippen LogP contribution in [-0.2, 0) is 20.2 Å². The lowest BCUT2D eigenvalue weighted by Crippen LogP contribution is -2.30. The Morgan fingerprint density at radius 1 is 1.19 bits per heavy atom. The van der Waals surface area contributed by atoms with E-state index in [1.807, 2.05) is 19.9 Å². The highest BCUT2D eigenvalue weighted by Crippen LogP contribution is 2.54. The van der Waals surface area contributed by atoms with Crippen molar-refractivity contribution in [3.05, 3.63) is 59.2 Å². The summed E-state index contributed by atoms with van der Waals surface area (Å²) < 4.78 is 66.2. The lowest BCUT2D eigenvalue weighted by atomic mass is 9.95. The molecule has 0 spiro atoms. The summed E-state index contributed by atoms with van der Waals surface area (Å²) in [5, 5.41) is 2.97. The normalized spacial score (nSPS) is 21.5. The van der Waals surface area contributed by atoms with E-state index in [0.717, 1.165) is 22.9 Å². The van der Waals surface area contributed by atoms with Crippen molar-refractivity contribution in [2.24, 2.45) is 5.92 Å². The number of aryl methyl sites for hydroxylation is 1. The lowest BCUT2D eigenvalue weighted by molar-refractivity contribution is -0.274. The molecule has 3 atom stereocenters. The molecule has 0 heterocycles. The largest absolute Gasteiger partial charge is 0.573 e. The Hall–Kier alpha value is -2.75. The minimum Gasteiger partial charge on any atom is -0.406 e. The molecule has 0 aromatic heterocycles. The van der Waals surface area contributed by atoms with Gasteiger partial charge in [0.05, 0.1) is 18.0 Å². The second-order valence-electron chi connectivity index (χ2n) is 8.43. The predicted octanol–water partition coefficient (Wildman–Crippen LogP) is 4.42. The molecule has 0 bridgehead atoms. The number of benzene rings is 2. The predicted molar refractivity (Wildman–Crippen MR) is 115 cm³/mol. The third kappa shape index (κ3) is 5.73. The van der Waals surface area contributed by atoms with Gasteiger partial charge in [-0.25, -0.2) is 8.42 Å². The molecular weight excluding hydrogens is 445 g/mol.